The number of nitrogens with zero attached hydrogens (tertiary/aromatic N) is 3. The van der Waals surface area contributed by atoms with Crippen molar-refractivity contribution in [3.63, 3.8) is 0 Å². The lowest BCUT2D eigenvalue weighted by Gasteiger charge is -2.47. The zero-order valence-corrected chi connectivity index (χ0v) is 47.5. The van der Waals surface area contributed by atoms with Gasteiger partial charge >= 0.3 is 0 Å². The Morgan fingerprint density at radius 3 is 1.42 bits per heavy atom. The molecule has 0 fully saturated rings. The number of anilines is 9. The summed E-state index contributed by atoms with van der Waals surface area (Å²) in [5.74, 6) is 0. The van der Waals surface area contributed by atoms with Crippen LogP contribution in [0.2, 0.25) is 0 Å². The number of aryl methyl sites for hydroxylation is 1. The van der Waals surface area contributed by atoms with Gasteiger partial charge in [0.05, 0.1) is 5.69 Å². The van der Waals surface area contributed by atoms with Crippen molar-refractivity contribution in [3.8, 4) is 11.1 Å². The number of hydrogen-bond acceptors (Lipinski definition) is 3. The molecule has 0 bridgehead atoms. The van der Waals surface area contributed by atoms with Gasteiger partial charge in [-0.15, -0.1) is 0 Å². The largest absolute Gasteiger partial charge is 0.311 e. The van der Waals surface area contributed by atoms with Gasteiger partial charge in [0.25, 0.3) is 6.71 Å². The molecule has 3 aliphatic carbocycles. The van der Waals surface area contributed by atoms with E-state index in [4.69, 9.17) is 0 Å². The first-order chi connectivity index (χ1) is 36.0. The molecule has 0 spiro atoms. The van der Waals surface area contributed by atoms with E-state index in [1.807, 2.05) is 0 Å². The molecule has 0 saturated carbocycles. The third kappa shape index (κ3) is 7.43. The van der Waals surface area contributed by atoms with Crippen molar-refractivity contribution in [1.29, 1.82) is 0 Å². The summed E-state index contributed by atoms with van der Waals surface area (Å²) in [6.07, 6.45) is 5.77. The summed E-state index contributed by atoms with van der Waals surface area (Å²) in [5, 5.41) is 0. The monoisotopic (exact) mass is 994 g/mol. The maximum atomic E-state index is 2.75. The van der Waals surface area contributed by atoms with Gasteiger partial charge in [-0.05, 0) is 205 Å². The second-order valence-electron chi connectivity index (χ2n) is 27.5. The van der Waals surface area contributed by atoms with E-state index in [2.05, 4.69) is 269 Å². The van der Waals surface area contributed by atoms with E-state index in [0.717, 1.165) is 36.3 Å². The fourth-order valence-electron chi connectivity index (χ4n) is 15.2. The van der Waals surface area contributed by atoms with E-state index in [9.17, 15) is 0 Å². The molecule has 5 aliphatic rings. The number of hydrogen-bond donors (Lipinski definition) is 0. The van der Waals surface area contributed by atoms with Gasteiger partial charge in [0.15, 0.2) is 0 Å². The lowest BCUT2D eigenvalue weighted by atomic mass is 9.33. The Hall–Kier alpha value is -6.78. The maximum absolute atomic E-state index is 2.75. The number of para-hydroxylation sites is 2. The first-order valence-electron chi connectivity index (χ1n) is 28.4. The van der Waals surface area contributed by atoms with Gasteiger partial charge in [0, 0.05) is 45.5 Å². The lowest BCUT2D eigenvalue weighted by Crippen LogP contribution is -2.61. The van der Waals surface area contributed by atoms with Gasteiger partial charge in [-0.3, -0.25) is 0 Å². The molecule has 382 valence electrons. The zero-order valence-electron chi connectivity index (χ0n) is 47.5. The highest BCUT2D eigenvalue weighted by atomic mass is 15.2. The molecule has 3 nitrogen and oxygen atoms in total. The summed E-state index contributed by atoms with van der Waals surface area (Å²) < 4.78 is 0. The Morgan fingerprint density at radius 2 is 0.829 bits per heavy atom. The summed E-state index contributed by atoms with van der Waals surface area (Å²) in [6.45, 7) is 32.0. The summed E-state index contributed by atoms with van der Waals surface area (Å²) in [7, 11) is 0. The fourth-order valence-corrected chi connectivity index (χ4v) is 15.2. The van der Waals surface area contributed by atoms with Crippen molar-refractivity contribution in [3.05, 3.63) is 203 Å². The molecule has 76 heavy (non-hydrogen) atoms. The number of fused-ring (bicyclic) bond motifs is 7. The maximum Gasteiger partial charge on any atom is 0.252 e. The summed E-state index contributed by atoms with van der Waals surface area (Å²) >= 11 is 0. The number of benzene rings is 8. The average molecular weight is 994 g/mol. The van der Waals surface area contributed by atoms with Crippen LogP contribution in [0.1, 0.15) is 154 Å². The molecule has 0 atom stereocenters. The van der Waals surface area contributed by atoms with Crippen LogP contribution in [0.3, 0.4) is 0 Å². The average Bonchev–Trinajstić information content (AvgIpc) is 3.71. The molecular formula is C72H76BN3. The van der Waals surface area contributed by atoms with Crippen molar-refractivity contribution in [2.45, 2.75) is 155 Å². The van der Waals surface area contributed by atoms with Gasteiger partial charge in [-0.2, -0.15) is 0 Å². The minimum absolute atomic E-state index is 0.00178. The van der Waals surface area contributed by atoms with Crippen molar-refractivity contribution >= 4 is 74.3 Å². The summed E-state index contributed by atoms with van der Waals surface area (Å²) in [5.41, 5.74) is 27.9. The smallest absolute Gasteiger partial charge is 0.252 e. The Labute approximate surface area is 455 Å². The highest BCUT2D eigenvalue weighted by Gasteiger charge is 2.50. The molecule has 8 aromatic carbocycles. The lowest BCUT2D eigenvalue weighted by molar-refractivity contribution is 0.332. The van der Waals surface area contributed by atoms with Gasteiger partial charge in [-0.1, -0.05) is 180 Å². The van der Waals surface area contributed by atoms with Crippen LogP contribution in [0.25, 0.3) is 11.1 Å². The van der Waals surface area contributed by atoms with Crippen molar-refractivity contribution in [2.24, 2.45) is 0 Å². The van der Waals surface area contributed by atoms with E-state index in [1.165, 1.54) is 113 Å². The molecule has 0 N–H and O–H groups in total. The Balaban J connectivity index is 1.20. The minimum Gasteiger partial charge on any atom is -0.311 e. The first kappa shape index (κ1) is 48.8. The highest BCUT2D eigenvalue weighted by molar-refractivity contribution is 7.00. The van der Waals surface area contributed by atoms with E-state index in [-0.39, 0.29) is 39.2 Å². The molecule has 0 radical (unpaired) electrons. The second-order valence-corrected chi connectivity index (χ2v) is 27.5. The highest BCUT2D eigenvalue weighted by Crippen LogP contribution is 2.56. The fraction of sp³-hybridized carbons (Fsp3) is 0.333. The summed E-state index contributed by atoms with van der Waals surface area (Å²) in [6, 6.07) is 63.7. The quantitative estimate of drug-likeness (QED) is 0.154. The molecule has 0 saturated heterocycles. The van der Waals surface area contributed by atoms with E-state index in [0.29, 0.717) is 0 Å². The van der Waals surface area contributed by atoms with Gasteiger partial charge in [-0.25, -0.2) is 0 Å². The van der Waals surface area contributed by atoms with Gasteiger partial charge in [0.2, 0.25) is 0 Å². The van der Waals surface area contributed by atoms with Crippen LogP contribution in [0.4, 0.5) is 51.2 Å². The molecule has 13 rings (SSSR count). The minimum atomic E-state index is -0.0330. The Kier molecular flexibility index (Phi) is 10.7. The molecule has 2 aliphatic heterocycles. The van der Waals surface area contributed by atoms with Crippen LogP contribution in [0, 0.1) is 6.92 Å². The van der Waals surface area contributed by atoms with Gasteiger partial charge < -0.3 is 14.7 Å². The van der Waals surface area contributed by atoms with Crippen LogP contribution in [-0.2, 0) is 32.5 Å². The third-order valence-corrected chi connectivity index (χ3v) is 19.4. The van der Waals surface area contributed by atoms with Crippen LogP contribution < -0.4 is 31.1 Å². The molecule has 8 aromatic rings. The molecule has 0 amide bonds. The third-order valence-electron chi connectivity index (χ3n) is 19.4. The Morgan fingerprint density at radius 1 is 0.355 bits per heavy atom. The predicted molar refractivity (Wildman–Crippen MR) is 327 cm³/mol. The van der Waals surface area contributed by atoms with Crippen molar-refractivity contribution in [2.75, 3.05) is 14.7 Å². The molecule has 2 heterocycles. The van der Waals surface area contributed by atoms with E-state index in [1.54, 1.807) is 0 Å². The second kappa shape index (κ2) is 16.6. The zero-order chi connectivity index (χ0) is 53.1. The van der Waals surface area contributed by atoms with E-state index < -0.39 is 0 Å². The van der Waals surface area contributed by atoms with Crippen molar-refractivity contribution < 1.29 is 0 Å². The van der Waals surface area contributed by atoms with Gasteiger partial charge in [0.1, 0.15) is 0 Å². The summed E-state index contributed by atoms with van der Waals surface area (Å²) in [4.78, 5) is 7.92. The van der Waals surface area contributed by atoms with Crippen LogP contribution >= 0.6 is 0 Å². The topological polar surface area (TPSA) is 9.72 Å². The molecule has 0 aromatic heterocycles. The SMILES string of the molecule is Cc1cc2c(cc1N1c3cc4c(cc3B3c5ccc(-c6ccccc6)cc5N(c5ccc6c(c5)C(C)(C)CCC6(C)C)c5cc(N(c6ccccc6)c6ccccc6)cc1c53)C(C)(C)CC4(C)C)C(C)(C)CCC2(C)C. The van der Waals surface area contributed by atoms with Crippen LogP contribution in [0.15, 0.2) is 164 Å². The van der Waals surface area contributed by atoms with Crippen LogP contribution in [0.5, 0.6) is 0 Å². The molecule has 4 heteroatoms. The van der Waals surface area contributed by atoms with Crippen LogP contribution in [-0.4, -0.2) is 6.71 Å². The molecule has 0 unspecified atom stereocenters. The standard InChI is InChI=1S/C72H76BN3/c1-46-37-54-57(70(8,9)36-35-68(54,4)5)43-61(46)76-63-44-58-56(71(10,11)45-72(58,12)13)42-60(63)73-59-32-29-48(47-23-17-14-18-24-47)38-62(59)75(51-30-31-53-55(39-51)69(6,7)34-33-67(53,2)3)64-40-52(41-65(76)66(64)73)74(49-25-19-15-20-26-49)50-27-21-16-22-28-50/h14-32,37-44H,33-36,45H2,1-13H3. The number of rotatable bonds is 6. The predicted octanol–water partition coefficient (Wildman–Crippen LogP) is 17.9. The Bertz CT molecular complexity index is 3610. The first-order valence-corrected chi connectivity index (χ1v) is 28.4. The van der Waals surface area contributed by atoms with Crippen molar-refractivity contribution in [1.82, 2.24) is 0 Å². The van der Waals surface area contributed by atoms with E-state index >= 15 is 0 Å². The normalized spacial score (nSPS) is 19.1. The molecular weight excluding hydrogens is 918 g/mol.